The van der Waals surface area contributed by atoms with Gasteiger partial charge in [-0.3, -0.25) is 0 Å². The molecule has 0 amide bonds. The van der Waals surface area contributed by atoms with Gasteiger partial charge in [-0.2, -0.15) is 8.42 Å². The molecule has 0 aliphatic carbocycles. The Hall–Kier alpha value is 2.41. The summed E-state index contributed by atoms with van der Waals surface area (Å²) in [5.74, 6) is 0. The Balaban J connectivity index is 0. The number of rotatable bonds is 0. The van der Waals surface area contributed by atoms with E-state index in [0.717, 1.165) is 0 Å². The predicted molar refractivity (Wildman–Crippen MR) is 56.8 cm³/mol. The van der Waals surface area contributed by atoms with Crippen LogP contribution in [-0.2, 0) is 8.26 Å². The minimum Gasteiger partial charge on any atom is -0.195 e. The second kappa shape index (κ2) is 4.77. The maximum Gasteiger partial charge on any atom is 0.317 e. The van der Waals surface area contributed by atoms with Gasteiger partial charge >= 0.3 is 67.8 Å². The zero-order valence-electron chi connectivity index (χ0n) is 4.32. The first kappa shape index (κ1) is 15.9. The molecule has 0 fully saturated rings. The fourth-order valence-electron chi connectivity index (χ4n) is 0. The van der Waals surface area contributed by atoms with E-state index in [9.17, 15) is 0 Å². The van der Waals surface area contributed by atoms with Gasteiger partial charge in [0.1, 0.15) is 0 Å². The maximum absolute atomic E-state index is 9.16. The van der Waals surface area contributed by atoms with E-state index < -0.39 is 11.6 Å². The molecular weight excluding hydrogens is 343 g/mol. The minimum atomic E-state index is -3.72. The van der Waals surface area contributed by atoms with Crippen molar-refractivity contribution in [2.45, 2.75) is 0 Å². The Morgan fingerprint density at radius 3 is 0.818 bits per heavy atom. The molecule has 11 heteroatoms. The zero-order chi connectivity index (χ0) is 9.95. The van der Waals surface area contributed by atoms with Crippen molar-refractivity contribution in [3.63, 3.8) is 0 Å². The topological polar surface area (TPSA) is 34.1 Å². The molecule has 0 saturated carbocycles. The van der Waals surface area contributed by atoms with Crippen LogP contribution in [0.15, 0.2) is 0 Å². The van der Waals surface area contributed by atoms with Crippen molar-refractivity contribution in [2.24, 2.45) is 0 Å². The summed E-state index contributed by atoms with van der Waals surface area (Å²) in [6, 6.07) is 0. The molecule has 0 aliphatic heterocycles. The van der Waals surface area contributed by atoms with Gasteiger partial charge in [0.2, 0.25) is 0 Å². The molecule has 0 aliphatic rings. The Kier molecular flexibility index (Phi) is 6.87. The molecule has 0 spiro atoms. The summed E-state index contributed by atoms with van der Waals surface area (Å²) < 4.78 is 14.6. The molecule has 2 nitrogen and oxygen atoms in total. The van der Waals surface area contributed by atoms with Crippen LogP contribution in [-0.4, -0.2) is 8.42 Å². The van der Waals surface area contributed by atoms with Gasteiger partial charge in [-0.15, -0.1) is 0 Å². The SMILES string of the molecule is ClP(Cl)(Cl)(Cl)Cl.O=S(=O)(Cl)Cl. The van der Waals surface area contributed by atoms with E-state index in [1.165, 1.54) is 0 Å². The first-order valence-electron chi connectivity index (χ1n) is 1.49. The van der Waals surface area contributed by atoms with E-state index in [1.54, 1.807) is 0 Å². The summed E-state index contributed by atoms with van der Waals surface area (Å²) >= 11 is 24.9. The molecule has 0 atom stereocenters. The summed E-state index contributed by atoms with van der Waals surface area (Å²) in [6.07, 6.45) is 0. The average Bonchev–Trinajstić information content (AvgIpc) is 1.07. The second-order valence-electron chi connectivity index (χ2n) is 1.02. The summed E-state index contributed by atoms with van der Waals surface area (Å²) in [7, 11) is 4.81. The molecule has 0 aromatic rings. The molecule has 0 bridgehead atoms. The van der Waals surface area contributed by atoms with Gasteiger partial charge in [-0.05, 0) is 0 Å². The molecule has 0 radical (unpaired) electrons. The van der Waals surface area contributed by atoms with Crippen LogP contribution in [0, 0.1) is 0 Å². The van der Waals surface area contributed by atoms with Crippen molar-refractivity contribution in [3.05, 3.63) is 0 Å². The van der Waals surface area contributed by atoms with Crippen LogP contribution in [0.4, 0.5) is 0 Å². The molecule has 72 valence electrons. The van der Waals surface area contributed by atoms with E-state index in [2.05, 4.69) is 21.4 Å². The maximum atomic E-state index is 9.16. The Bertz CT molecular complexity index is 181. The zero-order valence-corrected chi connectivity index (χ0v) is 11.3. The van der Waals surface area contributed by atoms with Crippen LogP contribution in [0.2, 0.25) is 0 Å². The molecule has 0 saturated heterocycles. The molecule has 0 aromatic carbocycles. The predicted octanol–water partition coefficient (Wildman–Crippen LogP) is 5.02. The van der Waals surface area contributed by atoms with Crippen molar-refractivity contribution in [1.29, 1.82) is 0 Å². The quantitative estimate of drug-likeness (QED) is 0.457. The van der Waals surface area contributed by atoms with E-state index in [-0.39, 0.29) is 0 Å². The fraction of sp³-hybridized carbons (Fsp3) is 0. The summed E-state index contributed by atoms with van der Waals surface area (Å²) in [5, 5.41) is 0. The van der Waals surface area contributed by atoms with Gasteiger partial charge < -0.3 is 0 Å². The van der Waals surface area contributed by atoms with Crippen LogP contribution in [0.5, 0.6) is 0 Å². The molecule has 11 heavy (non-hydrogen) atoms. The molecule has 0 unspecified atom stereocenters. The third kappa shape index (κ3) is 232. The Labute approximate surface area is 96.8 Å². The number of halogens is 7. The van der Waals surface area contributed by atoms with Crippen molar-refractivity contribution in [2.75, 3.05) is 0 Å². The first-order valence-corrected chi connectivity index (χ1v) is 11.4. The first-order chi connectivity index (χ1) is 4.24. The summed E-state index contributed by atoms with van der Waals surface area (Å²) in [5.41, 5.74) is 0. The normalized spacial score (nSPS) is 15.7. The standard InChI is InChI=1S/Cl5P.Cl2O2S/c1-6(2,3,4)5;1-5(2,3)4. The van der Waals surface area contributed by atoms with E-state index in [0.29, 0.717) is 0 Å². The van der Waals surface area contributed by atoms with Crippen LogP contribution in [0.25, 0.3) is 0 Å². The monoisotopic (exact) mass is 340 g/mol. The summed E-state index contributed by atoms with van der Waals surface area (Å²) in [4.78, 5) is 0. The molecule has 0 N–H and O–H groups in total. The Morgan fingerprint density at radius 2 is 0.818 bits per heavy atom. The number of hydrogen-bond acceptors (Lipinski definition) is 2. The smallest absolute Gasteiger partial charge is 0.195 e. The van der Waals surface area contributed by atoms with Gasteiger partial charge in [-0.25, -0.2) is 0 Å². The molecule has 0 heterocycles. The Morgan fingerprint density at radius 1 is 0.818 bits per heavy atom. The van der Waals surface area contributed by atoms with Gasteiger partial charge in [0.15, 0.2) is 0 Å². The summed E-state index contributed by atoms with van der Waals surface area (Å²) in [6.45, 7) is 0. The number of hydrogen-bond donors (Lipinski definition) is 0. The molecular formula is Cl7O2PS. The fourth-order valence-corrected chi connectivity index (χ4v) is 0. The van der Waals surface area contributed by atoms with Crippen LogP contribution < -0.4 is 0 Å². The van der Waals surface area contributed by atoms with E-state index >= 15 is 0 Å². The van der Waals surface area contributed by atoms with E-state index in [1.807, 2.05) is 0 Å². The van der Waals surface area contributed by atoms with Crippen LogP contribution in [0.3, 0.4) is 0 Å². The largest absolute Gasteiger partial charge is 0.317 e. The second-order valence-corrected chi connectivity index (χ2v) is 21.3. The van der Waals surface area contributed by atoms with Gasteiger partial charge in [0.05, 0.1) is 0 Å². The van der Waals surface area contributed by atoms with Crippen molar-refractivity contribution in [1.82, 2.24) is 0 Å². The molecule has 0 rings (SSSR count). The third-order valence-electron chi connectivity index (χ3n) is 0. The van der Waals surface area contributed by atoms with Crippen molar-refractivity contribution < 1.29 is 8.42 Å². The third-order valence-corrected chi connectivity index (χ3v) is 0. The van der Waals surface area contributed by atoms with Crippen LogP contribution in [0.1, 0.15) is 0 Å². The van der Waals surface area contributed by atoms with Crippen molar-refractivity contribution >= 4 is 89.2 Å². The van der Waals surface area contributed by atoms with Gasteiger partial charge in [-0.1, -0.05) is 0 Å². The molecule has 0 aromatic heterocycles. The minimum absolute atomic E-state index is 3.69. The van der Waals surface area contributed by atoms with Crippen LogP contribution >= 0.6 is 80.9 Å². The van der Waals surface area contributed by atoms with E-state index in [4.69, 9.17) is 64.6 Å². The average molecular weight is 343 g/mol. The van der Waals surface area contributed by atoms with Gasteiger partial charge in [0, 0.05) is 21.4 Å². The van der Waals surface area contributed by atoms with Crippen molar-refractivity contribution in [3.8, 4) is 0 Å². The van der Waals surface area contributed by atoms with Gasteiger partial charge in [0.25, 0.3) is 0 Å².